The van der Waals surface area contributed by atoms with Crippen LogP contribution in [0.5, 0.6) is 5.88 Å². The molecular weight excluding hydrogens is 376 g/mol. The summed E-state index contributed by atoms with van der Waals surface area (Å²) in [5, 5.41) is 22.3. The van der Waals surface area contributed by atoms with Gasteiger partial charge in [-0.05, 0) is 44.5 Å². The van der Waals surface area contributed by atoms with Gasteiger partial charge in [-0.25, -0.2) is 4.68 Å². The highest BCUT2D eigenvalue weighted by molar-refractivity contribution is 5.93. The lowest BCUT2D eigenvalue weighted by atomic mass is 10.2. The topological polar surface area (TPSA) is 117 Å². The van der Waals surface area contributed by atoms with Gasteiger partial charge in [-0.2, -0.15) is 5.10 Å². The van der Waals surface area contributed by atoms with Crippen LogP contribution in [0.1, 0.15) is 29.9 Å². The van der Waals surface area contributed by atoms with Crippen molar-refractivity contribution in [1.82, 2.24) is 19.6 Å². The summed E-state index contributed by atoms with van der Waals surface area (Å²) in [6, 6.07) is 8.69. The monoisotopic (exact) mass is 398 g/mol. The van der Waals surface area contributed by atoms with E-state index in [1.807, 2.05) is 42.8 Å². The van der Waals surface area contributed by atoms with Crippen LogP contribution in [0.2, 0.25) is 0 Å². The van der Waals surface area contributed by atoms with Crippen LogP contribution >= 0.6 is 0 Å². The van der Waals surface area contributed by atoms with Gasteiger partial charge in [-0.15, -0.1) is 5.10 Å². The number of hydrogen-bond acceptors (Lipinski definition) is 6. The first-order valence-corrected chi connectivity index (χ1v) is 8.97. The molecule has 1 unspecified atom stereocenters. The second-order valence-electron chi connectivity index (χ2n) is 6.71. The third-order valence-corrected chi connectivity index (χ3v) is 4.48. The molecule has 0 aliphatic carbocycles. The molecule has 3 aromatic rings. The van der Waals surface area contributed by atoms with Gasteiger partial charge in [-0.3, -0.25) is 19.6 Å². The van der Waals surface area contributed by atoms with Crippen molar-refractivity contribution in [1.29, 1.82) is 0 Å². The Hall–Kier alpha value is -3.69. The van der Waals surface area contributed by atoms with E-state index in [1.165, 1.54) is 18.0 Å². The van der Waals surface area contributed by atoms with Crippen molar-refractivity contribution in [2.24, 2.45) is 0 Å². The van der Waals surface area contributed by atoms with E-state index in [-0.39, 0.29) is 17.5 Å². The molecule has 1 aromatic carbocycles. The summed E-state index contributed by atoms with van der Waals surface area (Å²) in [4.78, 5) is 23.1. The first-order chi connectivity index (χ1) is 13.8. The molecule has 1 amide bonds. The van der Waals surface area contributed by atoms with E-state index in [4.69, 9.17) is 4.74 Å². The lowest BCUT2D eigenvalue weighted by Crippen LogP contribution is -2.24. The second-order valence-corrected chi connectivity index (χ2v) is 6.71. The fourth-order valence-corrected chi connectivity index (χ4v) is 2.96. The Kier molecular flexibility index (Phi) is 5.62. The maximum Gasteiger partial charge on any atom is 0.350 e. The third-order valence-electron chi connectivity index (χ3n) is 4.48. The molecule has 0 aliphatic rings. The van der Waals surface area contributed by atoms with Crippen LogP contribution in [-0.2, 0) is 11.3 Å². The van der Waals surface area contributed by atoms with Gasteiger partial charge in [0.1, 0.15) is 12.2 Å². The molecule has 29 heavy (non-hydrogen) atoms. The minimum absolute atomic E-state index is 0.137. The summed E-state index contributed by atoms with van der Waals surface area (Å²) < 4.78 is 8.02. The molecule has 0 radical (unpaired) electrons. The quantitative estimate of drug-likeness (QED) is 0.483. The van der Waals surface area contributed by atoms with Gasteiger partial charge < -0.3 is 10.1 Å². The summed E-state index contributed by atoms with van der Waals surface area (Å²) in [6.45, 7) is 6.12. The van der Waals surface area contributed by atoms with Crippen LogP contribution in [0, 0.1) is 24.0 Å². The van der Waals surface area contributed by atoms with Crippen molar-refractivity contribution in [3.8, 4) is 5.88 Å². The number of anilines is 1. The summed E-state index contributed by atoms with van der Waals surface area (Å²) >= 11 is 0. The van der Waals surface area contributed by atoms with E-state index in [1.54, 1.807) is 13.0 Å². The Morgan fingerprint density at radius 3 is 2.66 bits per heavy atom. The zero-order chi connectivity index (χ0) is 21.1. The molecule has 0 saturated heterocycles. The summed E-state index contributed by atoms with van der Waals surface area (Å²) in [5.41, 5.74) is 3.32. The van der Waals surface area contributed by atoms with Crippen molar-refractivity contribution in [2.45, 2.75) is 33.4 Å². The van der Waals surface area contributed by atoms with E-state index in [0.717, 1.165) is 17.0 Å². The number of carbonyl (C=O) groups is 1. The highest BCUT2D eigenvalue weighted by atomic mass is 16.6. The van der Waals surface area contributed by atoms with Crippen LogP contribution in [-0.4, -0.2) is 37.5 Å². The van der Waals surface area contributed by atoms with Crippen LogP contribution in [0.4, 0.5) is 11.4 Å². The minimum atomic E-state index is -0.766. The summed E-state index contributed by atoms with van der Waals surface area (Å²) in [6.07, 6.45) is 1.18. The zero-order valence-corrected chi connectivity index (χ0v) is 16.6. The molecule has 0 aliphatic heterocycles. The first-order valence-electron chi connectivity index (χ1n) is 8.97. The number of ether oxygens (including phenoxy) is 1. The van der Waals surface area contributed by atoms with Gasteiger partial charge >= 0.3 is 11.6 Å². The average molecular weight is 398 g/mol. The Balaban J connectivity index is 1.73. The van der Waals surface area contributed by atoms with Crippen LogP contribution in [0.15, 0.2) is 36.5 Å². The third kappa shape index (κ3) is 4.42. The van der Waals surface area contributed by atoms with Crippen molar-refractivity contribution >= 4 is 17.3 Å². The van der Waals surface area contributed by atoms with E-state index in [0.29, 0.717) is 12.2 Å². The van der Waals surface area contributed by atoms with Crippen LogP contribution in [0.3, 0.4) is 0 Å². The average Bonchev–Trinajstić information content (AvgIpc) is 3.24. The normalized spacial score (nSPS) is 11.9. The number of methoxy groups -OCH3 is 1. The number of rotatable bonds is 7. The predicted molar refractivity (Wildman–Crippen MR) is 106 cm³/mol. The number of hydrogen-bond donors (Lipinski definition) is 1. The zero-order valence-electron chi connectivity index (χ0n) is 16.6. The lowest BCUT2D eigenvalue weighted by molar-refractivity contribution is -0.385. The highest BCUT2D eigenvalue weighted by Gasteiger charge is 2.25. The predicted octanol–water partition coefficient (Wildman–Crippen LogP) is 2.86. The van der Waals surface area contributed by atoms with Crippen molar-refractivity contribution in [2.75, 3.05) is 12.4 Å². The lowest BCUT2D eigenvalue weighted by Gasteiger charge is -2.13. The van der Waals surface area contributed by atoms with Crippen molar-refractivity contribution in [3.05, 3.63) is 63.6 Å². The van der Waals surface area contributed by atoms with Gasteiger partial charge in [0.15, 0.2) is 0 Å². The van der Waals surface area contributed by atoms with Gasteiger partial charge in [0, 0.05) is 11.4 Å². The molecule has 0 spiro atoms. The summed E-state index contributed by atoms with van der Waals surface area (Å²) in [5.74, 6) is -0.491. The molecule has 0 fully saturated rings. The van der Waals surface area contributed by atoms with E-state index < -0.39 is 11.0 Å². The largest absolute Gasteiger partial charge is 0.475 e. The number of amides is 1. The second kappa shape index (κ2) is 8.13. The maximum absolute atomic E-state index is 12.6. The number of nitrogens with one attached hydrogen (secondary N) is 1. The van der Waals surface area contributed by atoms with E-state index in [2.05, 4.69) is 15.5 Å². The van der Waals surface area contributed by atoms with Gasteiger partial charge in [0.05, 0.1) is 24.3 Å². The number of aryl methyl sites for hydroxylation is 2. The Morgan fingerprint density at radius 2 is 2.07 bits per heavy atom. The summed E-state index contributed by atoms with van der Waals surface area (Å²) in [7, 11) is 1.29. The number of benzene rings is 1. The number of nitro groups is 1. The molecule has 10 heteroatoms. The molecule has 1 atom stereocenters. The Morgan fingerprint density at radius 1 is 1.31 bits per heavy atom. The molecule has 152 valence electrons. The van der Waals surface area contributed by atoms with E-state index >= 15 is 0 Å². The molecule has 0 bridgehead atoms. The minimum Gasteiger partial charge on any atom is -0.475 e. The van der Waals surface area contributed by atoms with E-state index in [9.17, 15) is 14.9 Å². The molecule has 10 nitrogen and oxygen atoms in total. The maximum atomic E-state index is 12.6. The van der Waals surface area contributed by atoms with Crippen LogP contribution < -0.4 is 10.1 Å². The smallest absolute Gasteiger partial charge is 0.350 e. The molecule has 3 rings (SSSR count). The SMILES string of the molecule is COc1nn(C(C)C(=O)Nc2cccc(Cn3nc(C)cc3C)c2)cc1[N+](=O)[O-]. The van der Waals surface area contributed by atoms with Gasteiger partial charge in [-0.1, -0.05) is 12.1 Å². The van der Waals surface area contributed by atoms with Crippen molar-refractivity contribution < 1.29 is 14.5 Å². The fourth-order valence-electron chi connectivity index (χ4n) is 2.96. The highest BCUT2D eigenvalue weighted by Crippen LogP contribution is 2.26. The molecule has 1 N–H and O–H groups in total. The van der Waals surface area contributed by atoms with Gasteiger partial charge in [0.2, 0.25) is 5.91 Å². The fraction of sp³-hybridized carbons (Fsp3) is 0.316. The first kappa shape index (κ1) is 20.1. The Bertz CT molecular complexity index is 1050. The molecule has 2 heterocycles. The van der Waals surface area contributed by atoms with Crippen molar-refractivity contribution in [3.63, 3.8) is 0 Å². The molecular formula is C19H22N6O4. The Labute approximate surface area is 167 Å². The van der Waals surface area contributed by atoms with Gasteiger partial charge in [0.25, 0.3) is 0 Å². The number of nitrogens with zero attached hydrogens (tertiary/aromatic N) is 5. The standard InChI is InChI=1S/C19H22N6O4/c1-12-8-13(2)23(21-12)10-15-6-5-7-16(9-15)20-18(26)14(3)24-11-17(25(27)28)19(22-24)29-4/h5-9,11,14H,10H2,1-4H3,(H,20,26). The molecule has 2 aromatic heterocycles. The molecule has 0 saturated carbocycles. The number of carbonyl (C=O) groups excluding carboxylic acids is 1. The number of aromatic nitrogens is 4. The van der Waals surface area contributed by atoms with Crippen LogP contribution in [0.25, 0.3) is 0 Å².